The highest BCUT2D eigenvalue weighted by Crippen LogP contribution is 2.25. The van der Waals surface area contributed by atoms with Crippen LogP contribution in [0.25, 0.3) is 0 Å². The Kier molecular flexibility index (Phi) is 8.23. The first-order valence-corrected chi connectivity index (χ1v) is 6.79. The van der Waals surface area contributed by atoms with Crippen LogP contribution in [0.1, 0.15) is 18.9 Å². The first-order chi connectivity index (χ1) is 10.2. The second kappa shape index (κ2) is 10.0. The molecule has 0 spiro atoms. The Labute approximate surface area is 125 Å². The second-order valence-electron chi connectivity index (χ2n) is 4.35. The lowest BCUT2D eigenvalue weighted by Crippen LogP contribution is -2.10. The van der Waals surface area contributed by atoms with E-state index in [1.807, 2.05) is 0 Å². The highest BCUT2D eigenvalue weighted by molar-refractivity contribution is 6.00. The van der Waals surface area contributed by atoms with Crippen LogP contribution in [0.15, 0.2) is 23.4 Å². The highest BCUT2D eigenvalue weighted by atomic mass is 16.5. The fourth-order valence-electron chi connectivity index (χ4n) is 1.72. The van der Waals surface area contributed by atoms with E-state index in [-0.39, 0.29) is 0 Å². The summed E-state index contributed by atoms with van der Waals surface area (Å²) in [6.07, 6.45) is 0.858. The van der Waals surface area contributed by atoms with Gasteiger partial charge in [0.2, 0.25) is 0 Å². The lowest BCUT2D eigenvalue weighted by atomic mass is 10.1. The van der Waals surface area contributed by atoms with Crippen molar-refractivity contribution in [2.24, 2.45) is 5.16 Å². The van der Waals surface area contributed by atoms with Crippen LogP contribution >= 0.6 is 0 Å². The number of ether oxygens (including phenoxy) is 4. The van der Waals surface area contributed by atoms with Crippen molar-refractivity contribution in [3.05, 3.63) is 23.8 Å². The van der Waals surface area contributed by atoms with Crippen molar-refractivity contribution in [3.8, 4) is 11.5 Å². The van der Waals surface area contributed by atoms with Crippen LogP contribution in [-0.4, -0.2) is 51.6 Å². The molecule has 0 aliphatic heterocycles. The van der Waals surface area contributed by atoms with Crippen molar-refractivity contribution in [2.75, 3.05) is 40.6 Å². The van der Waals surface area contributed by atoms with Crippen LogP contribution in [-0.2, 0) is 9.47 Å². The lowest BCUT2D eigenvalue weighted by Gasteiger charge is -2.12. The molecule has 0 aliphatic carbocycles. The summed E-state index contributed by atoms with van der Waals surface area (Å²) in [7, 11) is 3.25. The first kappa shape index (κ1) is 17.3. The smallest absolute Gasteiger partial charge is 0.132 e. The quantitative estimate of drug-likeness (QED) is 0.311. The van der Waals surface area contributed by atoms with Gasteiger partial charge in [-0.25, -0.2) is 0 Å². The van der Waals surface area contributed by atoms with Gasteiger partial charge in [0, 0.05) is 32.0 Å². The van der Waals surface area contributed by atoms with Gasteiger partial charge in [0.15, 0.2) is 0 Å². The normalized spacial score (nSPS) is 11.5. The molecule has 6 nitrogen and oxygen atoms in total. The molecule has 0 aromatic heterocycles. The molecular formula is C15H23NO5. The first-order valence-electron chi connectivity index (χ1n) is 6.79. The summed E-state index contributed by atoms with van der Waals surface area (Å²) in [6, 6.07) is 5.34. The third kappa shape index (κ3) is 6.01. The Bertz CT molecular complexity index is 448. The zero-order chi connectivity index (χ0) is 15.5. The minimum atomic E-state index is 0.409. The average molecular weight is 297 g/mol. The summed E-state index contributed by atoms with van der Waals surface area (Å²) in [5, 5.41) is 12.1. The van der Waals surface area contributed by atoms with Gasteiger partial charge in [0.05, 0.1) is 19.4 Å². The SMILES string of the molecule is COCCCOCCOc1cc(OC)ccc1/C(C)=N/O. The third-order valence-electron chi connectivity index (χ3n) is 2.85. The van der Waals surface area contributed by atoms with E-state index in [0.717, 1.165) is 12.0 Å². The molecule has 0 atom stereocenters. The number of oxime groups is 1. The summed E-state index contributed by atoms with van der Waals surface area (Å²) in [6.45, 7) is 3.92. The third-order valence-corrected chi connectivity index (χ3v) is 2.85. The Balaban J connectivity index is 2.52. The van der Waals surface area contributed by atoms with Gasteiger partial charge in [-0.05, 0) is 25.5 Å². The van der Waals surface area contributed by atoms with E-state index < -0.39 is 0 Å². The van der Waals surface area contributed by atoms with Crippen LogP contribution < -0.4 is 9.47 Å². The average Bonchev–Trinajstić information content (AvgIpc) is 2.53. The number of hydrogen-bond acceptors (Lipinski definition) is 6. The molecule has 0 aliphatic rings. The minimum absolute atomic E-state index is 0.409. The predicted octanol–water partition coefficient (Wildman–Crippen LogP) is 2.33. The molecule has 6 heteroatoms. The Morgan fingerprint density at radius 2 is 1.95 bits per heavy atom. The van der Waals surface area contributed by atoms with E-state index >= 15 is 0 Å². The van der Waals surface area contributed by atoms with Crippen LogP contribution in [0, 0.1) is 0 Å². The topological polar surface area (TPSA) is 69.5 Å². The lowest BCUT2D eigenvalue weighted by molar-refractivity contribution is 0.0805. The van der Waals surface area contributed by atoms with E-state index in [9.17, 15) is 0 Å². The van der Waals surface area contributed by atoms with Crippen molar-refractivity contribution < 1.29 is 24.2 Å². The van der Waals surface area contributed by atoms with Gasteiger partial charge in [0.25, 0.3) is 0 Å². The van der Waals surface area contributed by atoms with Crippen molar-refractivity contribution in [2.45, 2.75) is 13.3 Å². The second-order valence-corrected chi connectivity index (χ2v) is 4.35. The molecule has 21 heavy (non-hydrogen) atoms. The van der Waals surface area contributed by atoms with Gasteiger partial charge in [-0.3, -0.25) is 0 Å². The predicted molar refractivity (Wildman–Crippen MR) is 79.8 cm³/mol. The highest BCUT2D eigenvalue weighted by Gasteiger charge is 2.09. The fourth-order valence-corrected chi connectivity index (χ4v) is 1.72. The van der Waals surface area contributed by atoms with Crippen molar-refractivity contribution in [3.63, 3.8) is 0 Å². The van der Waals surface area contributed by atoms with Crippen LogP contribution in [0.4, 0.5) is 0 Å². The van der Waals surface area contributed by atoms with Crippen molar-refractivity contribution >= 4 is 5.71 Å². The van der Waals surface area contributed by atoms with E-state index in [1.165, 1.54) is 0 Å². The fraction of sp³-hybridized carbons (Fsp3) is 0.533. The van der Waals surface area contributed by atoms with E-state index in [4.69, 9.17) is 24.2 Å². The molecule has 0 amide bonds. The Hall–Kier alpha value is -1.79. The van der Waals surface area contributed by atoms with Crippen LogP contribution in [0.5, 0.6) is 11.5 Å². The summed E-state index contributed by atoms with van der Waals surface area (Å²) in [5.41, 5.74) is 1.20. The molecule has 118 valence electrons. The van der Waals surface area contributed by atoms with Gasteiger partial charge in [-0.15, -0.1) is 0 Å². The van der Waals surface area contributed by atoms with Gasteiger partial charge >= 0.3 is 0 Å². The monoisotopic (exact) mass is 297 g/mol. The van der Waals surface area contributed by atoms with Crippen molar-refractivity contribution in [1.82, 2.24) is 0 Å². The summed E-state index contributed by atoms with van der Waals surface area (Å²) >= 11 is 0. The standard InChI is InChI=1S/C15H23NO5/c1-12(16-17)14-6-5-13(19-3)11-15(14)21-10-9-20-8-4-7-18-2/h5-6,11,17H,4,7-10H2,1-3H3/b16-12+. The maximum Gasteiger partial charge on any atom is 0.132 e. The zero-order valence-electron chi connectivity index (χ0n) is 12.8. The van der Waals surface area contributed by atoms with Gasteiger partial charge in [-0.2, -0.15) is 0 Å². The largest absolute Gasteiger partial charge is 0.497 e. The van der Waals surface area contributed by atoms with Gasteiger partial charge in [-0.1, -0.05) is 5.16 Å². The van der Waals surface area contributed by atoms with Crippen LogP contribution in [0.2, 0.25) is 0 Å². The summed E-state index contributed by atoms with van der Waals surface area (Å²) in [4.78, 5) is 0. The molecule has 0 saturated heterocycles. The molecule has 0 saturated carbocycles. The molecule has 1 rings (SSSR count). The van der Waals surface area contributed by atoms with Crippen LogP contribution in [0.3, 0.4) is 0 Å². The zero-order valence-corrected chi connectivity index (χ0v) is 12.8. The Morgan fingerprint density at radius 3 is 2.62 bits per heavy atom. The molecule has 0 fully saturated rings. The molecule has 1 aromatic carbocycles. The maximum atomic E-state index is 8.90. The molecule has 0 radical (unpaired) electrons. The van der Waals surface area contributed by atoms with E-state index in [2.05, 4.69) is 5.16 Å². The van der Waals surface area contributed by atoms with Gasteiger partial charge in [0.1, 0.15) is 18.1 Å². The molecule has 0 heterocycles. The summed E-state index contributed by atoms with van der Waals surface area (Å²) in [5.74, 6) is 1.28. The molecule has 1 N–H and O–H groups in total. The van der Waals surface area contributed by atoms with Gasteiger partial charge < -0.3 is 24.2 Å². The number of rotatable bonds is 10. The molecule has 0 bridgehead atoms. The number of hydrogen-bond donors (Lipinski definition) is 1. The summed E-state index contributed by atoms with van der Waals surface area (Å²) < 4.78 is 21.2. The molecular weight excluding hydrogens is 274 g/mol. The minimum Gasteiger partial charge on any atom is -0.497 e. The number of benzene rings is 1. The van der Waals surface area contributed by atoms with Crippen molar-refractivity contribution in [1.29, 1.82) is 0 Å². The maximum absolute atomic E-state index is 8.90. The van der Waals surface area contributed by atoms with E-state index in [0.29, 0.717) is 43.6 Å². The van der Waals surface area contributed by atoms with E-state index in [1.54, 1.807) is 39.3 Å². The molecule has 1 aromatic rings. The molecule has 0 unspecified atom stereocenters. The Morgan fingerprint density at radius 1 is 1.14 bits per heavy atom. The number of nitrogens with zero attached hydrogens (tertiary/aromatic N) is 1. The number of methoxy groups -OCH3 is 2.